The summed E-state index contributed by atoms with van der Waals surface area (Å²) < 4.78 is 60.3. The van der Waals surface area contributed by atoms with Crippen molar-refractivity contribution in [3.05, 3.63) is 46.7 Å². The Morgan fingerprint density at radius 1 is 0.906 bits per heavy atom. The molecule has 8 heteroatoms. The Labute approximate surface area is 185 Å². The number of rotatable bonds is 7. The van der Waals surface area contributed by atoms with Gasteiger partial charge in [0.25, 0.3) is 0 Å². The molecule has 0 unspecified atom stereocenters. The molecule has 32 heavy (non-hydrogen) atoms. The van der Waals surface area contributed by atoms with E-state index in [-0.39, 0.29) is 24.8 Å². The molecule has 0 aliphatic heterocycles. The zero-order chi connectivity index (χ0) is 23.3. The van der Waals surface area contributed by atoms with Crippen molar-refractivity contribution in [1.29, 1.82) is 0 Å². The number of ketones is 1. The number of ether oxygens (including phenoxy) is 1. The first-order chi connectivity index (χ1) is 15.3. The smallest absolute Gasteiger partial charge is 0.343 e. The maximum absolute atomic E-state index is 14.4. The van der Waals surface area contributed by atoms with Crippen molar-refractivity contribution in [2.24, 2.45) is 0 Å². The Kier molecular flexibility index (Phi) is 8.32. The molecule has 0 spiro atoms. The van der Waals surface area contributed by atoms with Crippen LogP contribution in [-0.2, 0) is 9.53 Å². The van der Waals surface area contributed by atoms with Gasteiger partial charge in [-0.2, -0.15) is 0 Å². The molecule has 0 radical (unpaired) electrons. The third-order valence-electron chi connectivity index (χ3n) is 6.36. The van der Waals surface area contributed by atoms with Crippen molar-refractivity contribution >= 4 is 11.8 Å². The molecular weight excluding hydrogens is 426 g/mol. The summed E-state index contributed by atoms with van der Waals surface area (Å²) in [5, 5.41) is 0. The normalized spacial score (nSPS) is 18.5. The number of Topliss-reactive ketones (excluding diaryl/α,β-unsaturated/α-hetero) is 1. The van der Waals surface area contributed by atoms with Crippen LogP contribution in [0.5, 0.6) is 0 Å². The number of carbonyl (C=O) groups excluding carboxylic acids is 2. The van der Waals surface area contributed by atoms with Crippen LogP contribution < -0.4 is 0 Å². The van der Waals surface area contributed by atoms with E-state index in [1.54, 1.807) is 6.92 Å². The van der Waals surface area contributed by atoms with Gasteiger partial charge in [-0.1, -0.05) is 38.5 Å². The summed E-state index contributed by atoms with van der Waals surface area (Å²) in [5.74, 6) is -9.85. The van der Waals surface area contributed by atoms with Crippen molar-refractivity contribution in [1.82, 2.24) is 4.90 Å². The molecule has 0 bridgehead atoms. The molecule has 2 saturated carbocycles. The van der Waals surface area contributed by atoms with Gasteiger partial charge >= 0.3 is 5.97 Å². The number of esters is 1. The van der Waals surface area contributed by atoms with Crippen LogP contribution >= 0.6 is 0 Å². The molecule has 0 N–H and O–H groups in total. The molecule has 3 rings (SSSR count). The largest absolute Gasteiger partial charge is 0.462 e. The average Bonchev–Trinajstić information content (AvgIpc) is 2.81. The second-order valence-electron chi connectivity index (χ2n) is 8.47. The average molecular weight is 455 g/mol. The zero-order valence-corrected chi connectivity index (χ0v) is 18.3. The third-order valence-corrected chi connectivity index (χ3v) is 6.36. The molecule has 0 amide bonds. The number of halogens is 4. The number of nitrogens with zero attached hydrogens (tertiary/aromatic N) is 1. The van der Waals surface area contributed by atoms with Crippen LogP contribution in [-0.4, -0.2) is 35.3 Å². The zero-order valence-electron chi connectivity index (χ0n) is 18.3. The molecule has 0 atom stereocenters. The van der Waals surface area contributed by atoms with E-state index < -0.39 is 46.2 Å². The standard InChI is InChI=1S/C24H29F4NO3/c1-2-32-24(31)18(23(30)17-13-19(25)21(27)22(28)20(17)26)14-29(15-9-5-3-6-10-15)16-11-7-4-8-12-16/h13-16H,2-12H2,1H3/b18-14+. The van der Waals surface area contributed by atoms with Crippen LogP contribution in [0, 0.1) is 23.3 Å². The maximum Gasteiger partial charge on any atom is 0.343 e. The van der Waals surface area contributed by atoms with E-state index in [4.69, 9.17) is 4.74 Å². The molecule has 0 saturated heterocycles. The van der Waals surface area contributed by atoms with Gasteiger partial charge in [0.05, 0.1) is 12.2 Å². The first kappa shape index (κ1) is 24.3. The predicted octanol–water partition coefficient (Wildman–Crippen LogP) is 5.84. The SMILES string of the molecule is CCOC(=O)/C(=C/N(C1CCCCC1)C1CCCCC1)C(=O)c1cc(F)c(F)c(F)c1F. The van der Waals surface area contributed by atoms with E-state index >= 15 is 0 Å². The predicted molar refractivity (Wildman–Crippen MR) is 111 cm³/mol. The first-order valence-corrected chi connectivity index (χ1v) is 11.4. The highest BCUT2D eigenvalue weighted by atomic mass is 19.2. The van der Waals surface area contributed by atoms with E-state index in [0.717, 1.165) is 64.2 Å². The molecule has 2 aliphatic carbocycles. The summed E-state index contributed by atoms with van der Waals surface area (Å²) in [7, 11) is 0. The molecule has 176 valence electrons. The van der Waals surface area contributed by atoms with Crippen molar-refractivity contribution in [3.8, 4) is 0 Å². The Bertz CT molecular complexity index is 856. The summed E-state index contributed by atoms with van der Waals surface area (Å²) in [5.41, 5.74) is -1.54. The topological polar surface area (TPSA) is 46.6 Å². The molecular formula is C24H29F4NO3. The van der Waals surface area contributed by atoms with Crippen LogP contribution in [0.2, 0.25) is 0 Å². The number of carbonyl (C=O) groups is 2. The molecule has 2 fully saturated rings. The second-order valence-corrected chi connectivity index (χ2v) is 8.47. The quantitative estimate of drug-likeness (QED) is 0.0758. The van der Waals surface area contributed by atoms with Gasteiger partial charge in [-0.05, 0) is 38.7 Å². The fourth-order valence-electron chi connectivity index (χ4n) is 4.71. The van der Waals surface area contributed by atoms with E-state index in [1.807, 2.05) is 4.90 Å². The van der Waals surface area contributed by atoms with E-state index in [1.165, 1.54) is 6.20 Å². The molecule has 0 heterocycles. The number of benzene rings is 1. The van der Waals surface area contributed by atoms with E-state index in [0.29, 0.717) is 0 Å². The first-order valence-electron chi connectivity index (χ1n) is 11.4. The molecule has 2 aliphatic rings. The molecule has 0 aromatic heterocycles. The van der Waals surface area contributed by atoms with E-state index in [2.05, 4.69) is 0 Å². The highest BCUT2D eigenvalue weighted by Crippen LogP contribution is 2.32. The van der Waals surface area contributed by atoms with Crippen molar-refractivity contribution in [2.45, 2.75) is 83.2 Å². The minimum atomic E-state index is -2.09. The third kappa shape index (κ3) is 5.33. The summed E-state index contributed by atoms with van der Waals surface area (Å²) in [6.45, 7) is 1.52. The monoisotopic (exact) mass is 455 g/mol. The lowest BCUT2D eigenvalue weighted by molar-refractivity contribution is -0.138. The fourth-order valence-corrected chi connectivity index (χ4v) is 4.71. The lowest BCUT2D eigenvalue weighted by Crippen LogP contribution is -2.42. The molecule has 1 aromatic carbocycles. The minimum Gasteiger partial charge on any atom is -0.462 e. The summed E-state index contributed by atoms with van der Waals surface area (Å²) in [6, 6.07) is 0.501. The Balaban J connectivity index is 2.05. The van der Waals surface area contributed by atoms with Crippen molar-refractivity contribution in [3.63, 3.8) is 0 Å². The van der Waals surface area contributed by atoms with Crippen molar-refractivity contribution < 1.29 is 31.9 Å². The van der Waals surface area contributed by atoms with Gasteiger partial charge < -0.3 is 9.64 Å². The lowest BCUT2D eigenvalue weighted by atomic mass is 9.88. The Morgan fingerprint density at radius 3 is 1.94 bits per heavy atom. The van der Waals surface area contributed by atoms with Gasteiger partial charge in [-0.3, -0.25) is 4.79 Å². The fraction of sp³-hybridized carbons (Fsp3) is 0.583. The van der Waals surface area contributed by atoms with Gasteiger partial charge in [-0.15, -0.1) is 0 Å². The highest BCUT2D eigenvalue weighted by Gasteiger charge is 2.32. The molecule has 4 nitrogen and oxygen atoms in total. The van der Waals surface area contributed by atoms with Crippen molar-refractivity contribution in [2.75, 3.05) is 6.61 Å². The van der Waals surface area contributed by atoms with Gasteiger partial charge in [0.1, 0.15) is 5.57 Å². The van der Waals surface area contributed by atoms with Crippen LogP contribution in [0.25, 0.3) is 0 Å². The van der Waals surface area contributed by atoms with Gasteiger partial charge in [-0.25, -0.2) is 22.4 Å². The minimum absolute atomic E-state index is 0.0368. The van der Waals surface area contributed by atoms with Crippen LogP contribution in [0.1, 0.15) is 81.5 Å². The van der Waals surface area contributed by atoms with Gasteiger partial charge in [0, 0.05) is 18.3 Å². The second kappa shape index (κ2) is 11.0. The lowest BCUT2D eigenvalue weighted by Gasteiger charge is -2.41. The van der Waals surface area contributed by atoms with Crippen LogP contribution in [0.4, 0.5) is 17.6 Å². The molecule has 1 aromatic rings. The Morgan fingerprint density at radius 2 is 1.44 bits per heavy atom. The van der Waals surface area contributed by atoms with Crippen LogP contribution in [0.3, 0.4) is 0 Å². The van der Waals surface area contributed by atoms with Gasteiger partial charge in [0.2, 0.25) is 5.78 Å². The summed E-state index contributed by atoms with van der Waals surface area (Å²) in [4.78, 5) is 27.8. The van der Waals surface area contributed by atoms with Crippen LogP contribution in [0.15, 0.2) is 17.8 Å². The number of hydrogen-bond donors (Lipinski definition) is 0. The summed E-state index contributed by atoms with van der Waals surface area (Å²) in [6.07, 6.45) is 11.3. The summed E-state index contributed by atoms with van der Waals surface area (Å²) >= 11 is 0. The number of hydrogen-bond acceptors (Lipinski definition) is 4. The van der Waals surface area contributed by atoms with Gasteiger partial charge in [0.15, 0.2) is 23.3 Å². The Hall–Kier alpha value is -2.38. The highest BCUT2D eigenvalue weighted by molar-refractivity contribution is 6.24. The maximum atomic E-state index is 14.4. The van der Waals surface area contributed by atoms with E-state index in [9.17, 15) is 27.2 Å².